The fourth-order valence-corrected chi connectivity index (χ4v) is 3.37. The van der Waals surface area contributed by atoms with Crippen LogP contribution in [0, 0.1) is 0 Å². The number of rotatable bonds is 2. The van der Waals surface area contributed by atoms with Gasteiger partial charge in [0, 0.05) is 12.1 Å². The first kappa shape index (κ1) is 9.95. The normalized spacial score (nSPS) is 17.2. The van der Waals surface area contributed by atoms with Crippen LogP contribution in [0.15, 0.2) is 18.3 Å². The number of hydrogen-bond donors (Lipinski definition) is 1. The Hall–Kier alpha value is -1.24. The second-order valence-corrected chi connectivity index (χ2v) is 5.17. The van der Waals surface area contributed by atoms with Gasteiger partial charge >= 0.3 is 0 Å². The van der Waals surface area contributed by atoms with Crippen LogP contribution in [0.3, 0.4) is 0 Å². The minimum Gasteiger partial charge on any atom is -0.402 e. The molecule has 0 amide bonds. The van der Waals surface area contributed by atoms with E-state index in [0.717, 1.165) is 12.1 Å². The molecule has 16 heavy (non-hydrogen) atoms. The van der Waals surface area contributed by atoms with E-state index in [9.17, 15) is 0 Å². The zero-order valence-corrected chi connectivity index (χ0v) is 9.81. The first-order valence-corrected chi connectivity index (χ1v) is 6.34. The molecule has 0 heterocycles. The predicted molar refractivity (Wildman–Crippen MR) is 67.5 cm³/mol. The lowest BCUT2D eigenvalue weighted by molar-refractivity contribution is 0.886. The van der Waals surface area contributed by atoms with Crippen LogP contribution in [-0.4, -0.2) is 0 Å². The van der Waals surface area contributed by atoms with Crippen molar-refractivity contribution in [1.29, 1.82) is 0 Å². The van der Waals surface area contributed by atoms with Gasteiger partial charge in [0.05, 0.1) is 0 Å². The van der Waals surface area contributed by atoms with E-state index in [2.05, 4.69) is 12.6 Å². The van der Waals surface area contributed by atoms with E-state index in [1.165, 1.54) is 44.1 Å². The fourth-order valence-electron chi connectivity index (χ4n) is 3.37. The summed E-state index contributed by atoms with van der Waals surface area (Å²) in [5.41, 5.74) is 14.6. The van der Waals surface area contributed by atoms with Crippen LogP contribution < -0.4 is 5.73 Å². The molecule has 1 heteroatoms. The van der Waals surface area contributed by atoms with Crippen LogP contribution >= 0.6 is 0 Å². The predicted octanol–water partition coefficient (Wildman–Crippen LogP) is 2.68. The van der Waals surface area contributed by atoms with Gasteiger partial charge in [-0.2, -0.15) is 0 Å². The molecule has 2 N–H and O–H groups in total. The average molecular weight is 213 g/mol. The van der Waals surface area contributed by atoms with Gasteiger partial charge in [0.25, 0.3) is 0 Å². The Balaban J connectivity index is 2.15. The molecule has 3 rings (SSSR count). The average Bonchev–Trinajstić information content (AvgIpc) is 2.83. The minimum absolute atomic E-state index is 0.814. The molecule has 0 fully saturated rings. The fraction of sp³-hybridized carbons (Fsp3) is 0.467. The van der Waals surface area contributed by atoms with Crippen molar-refractivity contribution in [2.75, 3.05) is 0 Å². The lowest BCUT2D eigenvalue weighted by Gasteiger charge is -2.14. The second-order valence-electron chi connectivity index (χ2n) is 5.17. The largest absolute Gasteiger partial charge is 0.402 e. The number of aryl methyl sites for hydroxylation is 2. The molecule has 0 saturated heterocycles. The van der Waals surface area contributed by atoms with Gasteiger partial charge in [-0.3, -0.25) is 0 Å². The van der Waals surface area contributed by atoms with Crippen LogP contribution in [0.25, 0.3) is 0 Å². The van der Waals surface area contributed by atoms with Crippen molar-refractivity contribution in [2.24, 2.45) is 5.73 Å². The maximum Gasteiger partial charge on any atom is 0.0120 e. The molecular formula is C15H19N. The lowest BCUT2D eigenvalue weighted by atomic mass is 9.91. The highest BCUT2D eigenvalue weighted by Gasteiger charge is 2.23. The molecule has 0 spiro atoms. The van der Waals surface area contributed by atoms with E-state index in [4.69, 9.17) is 5.73 Å². The Bertz CT molecular complexity index is 425. The molecule has 0 bridgehead atoms. The maximum absolute atomic E-state index is 5.82. The van der Waals surface area contributed by atoms with Gasteiger partial charge in [0.1, 0.15) is 0 Å². The standard InChI is InChI=1S/C15H19N/c1-10(16)8-15-13-6-2-4-11(13)9-12-5-3-7-14(12)15/h9H,1-8,16H2. The summed E-state index contributed by atoms with van der Waals surface area (Å²) >= 11 is 0. The molecule has 84 valence electrons. The Kier molecular flexibility index (Phi) is 2.27. The number of fused-ring (bicyclic) bond motifs is 2. The Morgan fingerprint density at radius 1 is 1.06 bits per heavy atom. The molecular weight excluding hydrogens is 194 g/mol. The van der Waals surface area contributed by atoms with Gasteiger partial charge in [-0.25, -0.2) is 0 Å². The topological polar surface area (TPSA) is 26.0 Å². The van der Waals surface area contributed by atoms with E-state index >= 15 is 0 Å². The van der Waals surface area contributed by atoms with Crippen molar-refractivity contribution in [2.45, 2.75) is 44.9 Å². The Morgan fingerprint density at radius 2 is 1.62 bits per heavy atom. The van der Waals surface area contributed by atoms with E-state index in [1.807, 2.05) is 0 Å². The summed E-state index contributed by atoms with van der Waals surface area (Å²) in [4.78, 5) is 0. The number of hydrogen-bond acceptors (Lipinski definition) is 1. The van der Waals surface area contributed by atoms with Gasteiger partial charge in [-0.15, -0.1) is 0 Å². The van der Waals surface area contributed by atoms with Crippen molar-refractivity contribution < 1.29 is 0 Å². The van der Waals surface area contributed by atoms with E-state index in [0.29, 0.717) is 0 Å². The monoisotopic (exact) mass is 213 g/mol. The summed E-state index contributed by atoms with van der Waals surface area (Å²) in [6.45, 7) is 3.88. The molecule has 0 aromatic heterocycles. The van der Waals surface area contributed by atoms with Crippen LogP contribution in [-0.2, 0) is 32.1 Å². The Morgan fingerprint density at radius 3 is 2.12 bits per heavy atom. The van der Waals surface area contributed by atoms with Gasteiger partial charge in [0.2, 0.25) is 0 Å². The summed E-state index contributed by atoms with van der Waals surface area (Å²) < 4.78 is 0. The van der Waals surface area contributed by atoms with Crippen molar-refractivity contribution in [3.8, 4) is 0 Å². The minimum atomic E-state index is 0.814. The van der Waals surface area contributed by atoms with Gasteiger partial charge in [0.15, 0.2) is 0 Å². The summed E-state index contributed by atoms with van der Waals surface area (Å²) in [6.07, 6.45) is 8.59. The molecule has 2 aliphatic rings. The number of nitrogens with two attached hydrogens (primary N) is 1. The van der Waals surface area contributed by atoms with Crippen LogP contribution in [0.4, 0.5) is 0 Å². The van der Waals surface area contributed by atoms with Crippen molar-refractivity contribution in [1.82, 2.24) is 0 Å². The summed E-state index contributed by atoms with van der Waals surface area (Å²) in [5.74, 6) is 0. The van der Waals surface area contributed by atoms with Gasteiger partial charge < -0.3 is 5.73 Å². The van der Waals surface area contributed by atoms with Crippen molar-refractivity contribution in [3.63, 3.8) is 0 Å². The Labute approximate surface area is 97.4 Å². The zero-order chi connectivity index (χ0) is 11.1. The van der Waals surface area contributed by atoms with Crippen molar-refractivity contribution in [3.05, 3.63) is 46.2 Å². The molecule has 0 saturated carbocycles. The smallest absolute Gasteiger partial charge is 0.0120 e. The third-order valence-corrected chi connectivity index (χ3v) is 4.00. The quantitative estimate of drug-likeness (QED) is 0.803. The highest BCUT2D eigenvalue weighted by Crippen LogP contribution is 2.35. The highest BCUT2D eigenvalue weighted by atomic mass is 14.6. The van der Waals surface area contributed by atoms with E-state index < -0.39 is 0 Å². The molecule has 1 aromatic rings. The maximum atomic E-state index is 5.82. The van der Waals surface area contributed by atoms with Crippen LogP contribution in [0.5, 0.6) is 0 Å². The highest BCUT2D eigenvalue weighted by molar-refractivity contribution is 5.51. The zero-order valence-electron chi connectivity index (χ0n) is 9.81. The second kappa shape index (κ2) is 3.65. The third-order valence-electron chi connectivity index (χ3n) is 4.00. The number of benzene rings is 1. The summed E-state index contributed by atoms with van der Waals surface area (Å²) in [6, 6.07) is 2.47. The molecule has 0 radical (unpaired) electrons. The number of allylic oxidation sites excluding steroid dienone is 1. The molecule has 0 unspecified atom stereocenters. The first-order chi connectivity index (χ1) is 7.75. The molecule has 1 aromatic carbocycles. The van der Waals surface area contributed by atoms with Crippen molar-refractivity contribution >= 4 is 0 Å². The third kappa shape index (κ3) is 1.46. The summed E-state index contributed by atoms with van der Waals surface area (Å²) in [5, 5.41) is 0. The van der Waals surface area contributed by atoms with Crippen LogP contribution in [0.2, 0.25) is 0 Å². The van der Waals surface area contributed by atoms with Gasteiger partial charge in [-0.1, -0.05) is 12.6 Å². The van der Waals surface area contributed by atoms with E-state index in [1.54, 1.807) is 22.3 Å². The van der Waals surface area contributed by atoms with E-state index in [-0.39, 0.29) is 0 Å². The lowest BCUT2D eigenvalue weighted by Crippen LogP contribution is -2.06. The molecule has 1 nitrogen and oxygen atoms in total. The van der Waals surface area contributed by atoms with Crippen LogP contribution in [0.1, 0.15) is 40.7 Å². The SMILES string of the molecule is C=C(N)Cc1c2c(cc3c1CCC3)CCC2. The molecule has 0 atom stereocenters. The van der Waals surface area contributed by atoms with Gasteiger partial charge in [-0.05, 0) is 66.3 Å². The first-order valence-electron chi connectivity index (χ1n) is 6.34. The molecule has 2 aliphatic carbocycles. The molecule has 0 aliphatic heterocycles. The summed E-state index contributed by atoms with van der Waals surface area (Å²) in [7, 11) is 0.